The Balaban J connectivity index is 1.74. The summed E-state index contributed by atoms with van der Waals surface area (Å²) < 4.78 is 30.6. The number of sulfone groups is 1. The van der Waals surface area contributed by atoms with Gasteiger partial charge >= 0.3 is 6.09 Å². The number of aromatic nitrogens is 2. The largest absolute Gasteiger partial charge is 0.444 e. The Morgan fingerprint density at radius 3 is 2.58 bits per heavy atom. The summed E-state index contributed by atoms with van der Waals surface area (Å²) in [6.45, 7) is 6.65. The van der Waals surface area contributed by atoms with Crippen molar-refractivity contribution in [1.82, 2.24) is 14.7 Å². The topological polar surface area (TPSA) is 81.5 Å². The van der Waals surface area contributed by atoms with Gasteiger partial charge in [-0.2, -0.15) is 5.10 Å². The maximum absolute atomic E-state index is 12.3. The number of hydrogen-bond donors (Lipinski definition) is 0. The van der Waals surface area contributed by atoms with E-state index in [-0.39, 0.29) is 23.6 Å². The van der Waals surface area contributed by atoms with Gasteiger partial charge in [-0.15, -0.1) is 0 Å². The van der Waals surface area contributed by atoms with Crippen LogP contribution in [0.1, 0.15) is 50.9 Å². The summed E-state index contributed by atoms with van der Waals surface area (Å²) in [6, 6.07) is 0.0934. The molecule has 1 aromatic rings. The summed E-state index contributed by atoms with van der Waals surface area (Å²) in [5.41, 5.74) is 1.63. The zero-order valence-electron chi connectivity index (χ0n) is 14.5. The lowest BCUT2D eigenvalue weighted by atomic mass is 10.1. The van der Waals surface area contributed by atoms with Crippen molar-refractivity contribution in [3.8, 4) is 0 Å². The molecule has 0 spiro atoms. The Kier molecular flexibility index (Phi) is 4.36. The Bertz CT molecular complexity index is 719. The monoisotopic (exact) mass is 355 g/mol. The Morgan fingerprint density at radius 2 is 1.96 bits per heavy atom. The van der Waals surface area contributed by atoms with E-state index >= 15 is 0 Å². The van der Waals surface area contributed by atoms with Crippen LogP contribution in [-0.2, 0) is 27.5 Å². The molecule has 24 heavy (non-hydrogen) atoms. The number of hydrogen-bond acceptors (Lipinski definition) is 5. The molecule has 0 radical (unpaired) electrons. The minimum absolute atomic E-state index is 0.0934. The van der Waals surface area contributed by atoms with Gasteiger partial charge in [0.1, 0.15) is 15.4 Å². The molecule has 0 N–H and O–H groups in total. The zero-order chi connectivity index (χ0) is 17.5. The molecule has 1 saturated heterocycles. The first-order valence-corrected chi connectivity index (χ1v) is 10.2. The first-order valence-electron chi connectivity index (χ1n) is 8.38. The molecule has 1 fully saturated rings. The summed E-state index contributed by atoms with van der Waals surface area (Å²) in [6.07, 6.45) is 3.46. The van der Waals surface area contributed by atoms with E-state index in [2.05, 4.69) is 5.10 Å². The van der Waals surface area contributed by atoms with Crippen LogP contribution in [0.3, 0.4) is 0 Å². The highest BCUT2D eigenvalue weighted by molar-refractivity contribution is 7.91. The Hall–Kier alpha value is -1.57. The average Bonchev–Trinajstić information content (AvgIpc) is 2.88. The molecule has 3 rings (SSSR count). The number of carbonyl (C=O) groups is 1. The number of carbonyl (C=O) groups excluding carboxylic acids is 1. The molecule has 0 aliphatic carbocycles. The van der Waals surface area contributed by atoms with E-state index in [1.54, 1.807) is 4.90 Å². The fourth-order valence-electron chi connectivity index (χ4n) is 3.24. The maximum atomic E-state index is 12.3. The molecule has 3 heterocycles. The number of ether oxygens (including phenoxy) is 1. The van der Waals surface area contributed by atoms with Gasteiger partial charge in [0.15, 0.2) is 0 Å². The fraction of sp³-hybridized carbons (Fsp3) is 0.750. The van der Waals surface area contributed by atoms with Crippen molar-refractivity contribution in [2.45, 2.75) is 58.2 Å². The SMILES string of the molecule is CC(C)(C)OC(=O)N1CCc2cnn(C3CCS(=O)(=O)CC3)c2C1. The highest BCUT2D eigenvalue weighted by Gasteiger charge is 2.31. The molecule has 1 amide bonds. The summed E-state index contributed by atoms with van der Waals surface area (Å²) in [5, 5.41) is 4.48. The third-order valence-electron chi connectivity index (χ3n) is 4.50. The fourth-order valence-corrected chi connectivity index (χ4v) is 4.71. The summed E-state index contributed by atoms with van der Waals surface area (Å²) in [4.78, 5) is 14.0. The van der Waals surface area contributed by atoms with Crippen LogP contribution in [0.4, 0.5) is 4.79 Å². The van der Waals surface area contributed by atoms with Crippen LogP contribution >= 0.6 is 0 Å². The van der Waals surface area contributed by atoms with Crippen LogP contribution in [0.5, 0.6) is 0 Å². The molecule has 0 saturated carbocycles. The summed E-state index contributed by atoms with van der Waals surface area (Å²) >= 11 is 0. The predicted molar refractivity (Wildman–Crippen MR) is 89.5 cm³/mol. The van der Waals surface area contributed by atoms with Crippen LogP contribution in [0.25, 0.3) is 0 Å². The van der Waals surface area contributed by atoms with Gasteiger partial charge in [0.05, 0.1) is 36.0 Å². The highest BCUT2D eigenvalue weighted by Crippen LogP contribution is 2.29. The minimum Gasteiger partial charge on any atom is -0.444 e. The van der Waals surface area contributed by atoms with E-state index in [1.807, 2.05) is 31.6 Å². The lowest BCUT2D eigenvalue weighted by Gasteiger charge is -2.32. The van der Waals surface area contributed by atoms with Gasteiger partial charge in [0, 0.05) is 6.54 Å². The highest BCUT2D eigenvalue weighted by atomic mass is 32.2. The standard InChI is InChI=1S/C16H25N3O4S/c1-16(2,3)23-15(20)18-7-4-12-10-17-19(14(12)11-18)13-5-8-24(21,22)9-6-13/h10,13H,4-9,11H2,1-3H3. The van der Waals surface area contributed by atoms with E-state index in [9.17, 15) is 13.2 Å². The van der Waals surface area contributed by atoms with Crippen LogP contribution in [0.2, 0.25) is 0 Å². The quantitative estimate of drug-likeness (QED) is 0.769. The van der Waals surface area contributed by atoms with Crippen LogP contribution in [0, 0.1) is 0 Å². The normalized spacial score (nSPS) is 21.4. The first-order chi connectivity index (χ1) is 11.1. The molecule has 7 nitrogen and oxygen atoms in total. The van der Waals surface area contributed by atoms with Crippen molar-refractivity contribution in [1.29, 1.82) is 0 Å². The van der Waals surface area contributed by atoms with E-state index in [1.165, 1.54) is 0 Å². The average molecular weight is 355 g/mol. The number of nitrogens with zero attached hydrogens (tertiary/aromatic N) is 3. The molecular weight excluding hydrogens is 330 g/mol. The zero-order valence-corrected chi connectivity index (χ0v) is 15.3. The van der Waals surface area contributed by atoms with E-state index in [0.29, 0.717) is 25.9 Å². The van der Waals surface area contributed by atoms with Crippen LogP contribution in [0.15, 0.2) is 6.20 Å². The van der Waals surface area contributed by atoms with Crippen LogP contribution in [-0.4, -0.2) is 52.8 Å². The molecule has 0 unspecified atom stereocenters. The lowest BCUT2D eigenvalue weighted by Crippen LogP contribution is -2.40. The first kappa shape index (κ1) is 17.3. The van der Waals surface area contributed by atoms with Gasteiger partial charge in [-0.25, -0.2) is 13.2 Å². The van der Waals surface area contributed by atoms with E-state index < -0.39 is 15.4 Å². The second kappa shape index (κ2) is 6.06. The smallest absolute Gasteiger partial charge is 0.410 e. The van der Waals surface area contributed by atoms with E-state index in [4.69, 9.17) is 4.74 Å². The van der Waals surface area contributed by atoms with Crippen molar-refractivity contribution < 1.29 is 17.9 Å². The van der Waals surface area contributed by atoms with Crippen molar-refractivity contribution in [3.05, 3.63) is 17.5 Å². The molecule has 1 aromatic heterocycles. The molecule has 134 valence electrons. The minimum atomic E-state index is -2.90. The van der Waals surface area contributed by atoms with Crippen LogP contribution < -0.4 is 0 Å². The van der Waals surface area contributed by atoms with Gasteiger partial charge in [-0.1, -0.05) is 0 Å². The Labute approximate surface area is 142 Å². The Morgan fingerprint density at radius 1 is 1.29 bits per heavy atom. The molecule has 0 bridgehead atoms. The number of amides is 1. The molecule has 2 aliphatic heterocycles. The second-order valence-electron chi connectivity index (χ2n) is 7.60. The third kappa shape index (κ3) is 3.74. The molecular formula is C16H25N3O4S. The molecule has 0 atom stereocenters. The van der Waals surface area contributed by atoms with Gasteiger partial charge in [-0.05, 0) is 45.6 Å². The van der Waals surface area contributed by atoms with E-state index in [0.717, 1.165) is 17.7 Å². The lowest BCUT2D eigenvalue weighted by molar-refractivity contribution is 0.0217. The molecule has 8 heteroatoms. The number of fused-ring (bicyclic) bond motifs is 1. The van der Waals surface area contributed by atoms with Crippen molar-refractivity contribution in [2.75, 3.05) is 18.1 Å². The third-order valence-corrected chi connectivity index (χ3v) is 6.21. The van der Waals surface area contributed by atoms with Gasteiger partial charge in [0.2, 0.25) is 0 Å². The van der Waals surface area contributed by atoms with Gasteiger partial charge in [0.25, 0.3) is 0 Å². The summed E-state index contributed by atoms with van der Waals surface area (Å²) in [7, 11) is -2.90. The maximum Gasteiger partial charge on any atom is 0.410 e. The van der Waals surface area contributed by atoms with Gasteiger partial charge < -0.3 is 9.64 Å². The summed E-state index contributed by atoms with van der Waals surface area (Å²) in [5.74, 6) is 0.421. The van der Waals surface area contributed by atoms with Crippen molar-refractivity contribution >= 4 is 15.9 Å². The van der Waals surface area contributed by atoms with Crippen molar-refractivity contribution in [2.24, 2.45) is 0 Å². The molecule has 0 aromatic carbocycles. The predicted octanol–water partition coefficient (Wildman–Crippen LogP) is 1.93. The van der Waals surface area contributed by atoms with Crippen molar-refractivity contribution in [3.63, 3.8) is 0 Å². The second-order valence-corrected chi connectivity index (χ2v) is 9.90. The molecule has 2 aliphatic rings. The van der Waals surface area contributed by atoms with Gasteiger partial charge in [-0.3, -0.25) is 4.68 Å². The number of rotatable bonds is 1.